The molecule has 21 heavy (non-hydrogen) atoms. The molecule has 0 saturated carbocycles. The highest BCUT2D eigenvalue weighted by molar-refractivity contribution is 6.32. The average molecular weight is 309 g/mol. The maximum atomic E-state index is 12.8. The van der Waals surface area contributed by atoms with Gasteiger partial charge >= 0.3 is 6.03 Å². The molecule has 0 heterocycles. The summed E-state index contributed by atoms with van der Waals surface area (Å²) in [4.78, 5) is 11.8. The molecule has 0 spiro atoms. The molecule has 110 valence electrons. The Hall–Kier alpha value is -2.27. The second kappa shape index (κ2) is 6.95. The number of carbonyl (C=O) groups is 1. The summed E-state index contributed by atoms with van der Waals surface area (Å²) in [6, 6.07) is 10.6. The first-order chi connectivity index (χ1) is 10.1. The van der Waals surface area contributed by atoms with Gasteiger partial charge in [0.05, 0.1) is 17.8 Å². The molecule has 2 aromatic rings. The number of carbonyl (C=O) groups excluding carboxylic acids is 1. The van der Waals surface area contributed by atoms with Gasteiger partial charge in [-0.1, -0.05) is 29.8 Å². The van der Waals surface area contributed by atoms with Gasteiger partial charge in [0, 0.05) is 6.54 Å². The highest BCUT2D eigenvalue weighted by atomic mass is 35.5. The third-order valence-corrected chi connectivity index (χ3v) is 3.08. The summed E-state index contributed by atoms with van der Waals surface area (Å²) in [7, 11) is 1.48. The molecule has 0 saturated heterocycles. The first kappa shape index (κ1) is 15.1. The Morgan fingerprint density at radius 2 is 1.95 bits per heavy atom. The molecule has 0 aliphatic rings. The van der Waals surface area contributed by atoms with Crippen LogP contribution in [0.2, 0.25) is 5.02 Å². The van der Waals surface area contributed by atoms with Gasteiger partial charge in [0.15, 0.2) is 5.75 Å². The van der Waals surface area contributed by atoms with E-state index in [1.165, 1.54) is 19.2 Å². The molecule has 4 nitrogen and oxygen atoms in total. The van der Waals surface area contributed by atoms with E-state index in [2.05, 4.69) is 10.6 Å². The zero-order chi connectivity index (χ0) is 15.2. The Morgan fingerprint density at radius 1 is 1.24 bits per heavy atom. The maximum Gasteiger partial charge on any atom is 0.319 e. The Kier molecular flexibility index (Phi) is 5.00. The average Bonchev–Trinajstić information content (AvgIpc) is 2.47. The Morgan fingerprint density at radius 3 is 2.62 bits per heavy atom. The number of methoxy groups -OCH3 is 1. The van der Waals surface area contributed by atoms with Gasteiger partial charge < -0.3 is 15.4 Å². The van der Waals surface area contributed by atoms with Crippen LogP contribution in [0.1, 0.15) is 5.56 Å². The van der Waals surface area contributed by atoms with Crippen LogP contribution in [0.3, 0.4) is 0 Å². The predicted molar refractivity (Wildman–Crippen MR) is 80.3 cm³/mol. The van der Waals surface area contributed by atoms with Gasteiger partial charge in [-0.05, 0) is 29.8 Å². The van der Waals surface area contributed by atoms with Gasteiger partial charge in [0.1, 0.15) is 5.82 Å². The van der Waals surface area contributed by atoms with E-state index in [0.717, 1.165) is 5.56 Å². The van der Waals surface area contributed by atoms with E-state index in [9.17, 15) is 9.18 Å². The fraction of sp³-hybridized carbons (Fsp3) is 0.133. The predicted octanol–water partition coefficient (Wildman–Crippen LogP) is 3.81. The minimum absolute atomic E-state index is 0.287. The quantitative estimate of drug-likeness (QED) is 0.902. The van der Waals surface area contributed by atoms with Crippen molar-refractivity contribution in [2.75, 3.05) is 12.4 Å². The van der Waals surface area contributed by atoms with Crippen LogP contribution in [0.5, 0.6) is 5.75 Å². The first-order valence-corrected chi connectivity index (χ1v) is 6.59. The molecule has 0 aliphatic heterocycles. The van der Waals surface area contributed by atoms with Crippen molar-refractivity contribution in [3.05, 3.63) is 58.9 Å². The number of benzene rings is 2. The van der Waals surface area contributed by atoms with E-state index in [1.807, 2.05) is 0 Å². The minimum atomic E-state index is -0.403. The SMILES string of the molecule is COc1c(Cl)cccc1NC(=O)NCc1ccc(F)cc1. The van der Waals surface area contributed by atoms with Crippen LogP contribution in [0.25, 0.3) is 0 Å². The molecular weight excluding hydrogens is 295 g/mol. The maximum absolute atomic E-state index is 12.8. The molecule has 6 heteroatoms. The number of hydrogen-bond acceptors (Lipinski definition) is 2. The number of para-hydroxylation sites is 1. The second-order valence-electron chi connectivity index (χ2n) is 4.25. The third-order valence-electron chi connectivity index (χ3n) is 2.79. The lowest BCUT2D eigenvalue weighted by molar-refractivity contribution is 0.251. The van der Waals surface area contributed by atoms with Crippen LogP contribution < -0.4 is 15.4 Å². The number of halogens is 2. The summed E-state index contributed by atoms with van der Waals surface area (Å²) in [6.45, 7) is 0.287. The fourth-order valence-corrected chi connectivity index (χ4v) is 2.02. The monoisotopic (exact) mass is 308 g/mol. The van der Waals surface area contributed by atoms with Gasteiger partial charge in [0.2, 0.25) is 0 Å². The summed E-state index contributed by atoms with van der Waals surface area (Å²) < 4.78 is 17.9. The molecule has 0 aromatic heterocycles. The van der Waals surface area contributed by atoms with Crippen molar-refractivity contribution in [3.8, 4) is 5.75 Å². The third kappa shape index (κ3) is 4.10. The van der Waals surface area contributed by atoms with Crippen LogP contribution in [0.4, 0.5) is 14.9 Å². The van der Waals surface area contributed by atoms with E-state index in [0.29, 0.717) is 16.5 Å². The zero-order valence-corrected chi connectivity index (χ0v) is 12.1. The van der Waals surface area contributed by atoms with Crippen LogP contribution in [0.15, 0.2) is 42.5 Å². The highest BCUT2D eigenvalue weighted by Crippen LogP contribution is 2.32. The number of rotatable bonds is 4. The van der Waals surface area contributed by atoms with Gasteiger partial charge in [0.25, 0.3) is 0 Å². The fourth-order valence-electron chi connectivity index (χ4n) is 1.77. The van der Waals surface area contributed by atoms with Crippen molar-refractivity contribution >= 4 is 23.3 Å². The molecule has 2 rings (SSSR count). The summed E-state index contributed by atoms with van der Waals surface area (Å²) in [5.74, 6) is 0.0861. The van der Waals surface area contributed by atoms with Gasteiger partial charge in [-0.2, -0.15) is 0 Å². The van der Waals surface area contributed by atoms with Gasteiger partial charge in [-0.25, -0.2) is 9.18 Å². The van der Waals surface area contributed by atoms with E-state index >= 15 is 0 Å². The van der Waals surface area contributed by atoms with Crippen molar-refractivity contribution in [2.45, 2.75) is 6.54 Å². The standard InChI is InChI=1S/C15H14ClFN2O2/c1-21-14-12(16)3-2-4-13(14)19-15(20)18-9-10-5-7-11(17)8-6-10/h2-8H,9H2,1H3,(H2,18,19,20). The summed E-state index contributed by atoms with van der Waals surface area (Å²) >= 11 is 5.97. The van der Waals surface area contributed by atoms with Crippen molar-refractivity contribution < 1.29 is 13.9 Å². The molecule has 0 bridgehead atoms. The van der Waals surface area contributed by atoms with Crippen molar-refractivity contribution in [3.63, 3.8) is 0 Å². The number of nitrogens with one attached hydrogen (secondary N) is 2. The normalized spacial score (nSPS) is 10.0. The van der Waals surface area contributed by atoms with E-state index < -0.39 is 6.03 Å². The summed E-state index contributed by atoms with van der Waals surface area (Å²) in [5, 5.41) is 5.73. The van der Waals surface area contributed by atoms with Gasteiger partial charge in [-0.3, -0.25) is 0 Å². The summed E-state index contributed by atoms with van der Waals surface area (Å²) in [6.07, 6.45) is 0. The lowest BCUT2D eigenvalue weighted by atomic mass is 10.2. The Bertz CT molecular complexity index is 632. The molecule has 2 N–H and O–H groups in total. The lowest BCUT2D eigenvalue weighted by Gasteiger charge is -2.12. The van der Waals surface area contributed by atoms with Crippen LogP contribution in [-0.4, -0.2) is 13.1 Å². The van der Waals surface area contributed by atoms with Crippen LogP contribution in [-0.2, 0) is 6.54 Å². The number of ether oxygens (including phenoxy) is 1. The second-order valence-corrected chi connectivity index (χ2v) is 4.66. The zero-order valence-electron chi connectivity index (χ0n) is 11.3. The number of amides is 2. The molecule has 0 fully saturated rings. The molecular formula is C15H14ClFN2O2. The molecule has 0 aliphatic carbocycles. The van der Waals surface area contributed by atoms with E-state index in [-0.39, 0.29) is 12.4 Å². The van der Waals surface area contributed by atoms with E-state index in [4.69, 9.17) is 16.3 Å². The molecule has 0 radical (unpaired) electrons. The number of anilines is 1. The van der Waals surface area contributed by atoms with Gasteiger partial charge in [-0.15, -0.1) is 0 Å². The summed E-state index contributed by atoms with van der Waals surface area (Å²) in [5.41, 5.74) is 1.27. The van der Waals surface area contributed by atoms with Crippen molar-refractivity contribution in [2.24, 2.45) is 0 Å². The highest BCUT2D eigenvalue weighted by Gasteiger charge is 2.10. The van der Waals surface area contributed by atoms with Crippen molar-refractivity contribution in [1.29, 1.82) is 0 Å². The van der Waals surface area contributed by atoms with E-state index in [1.54, 1.807) is 30.3 Å². The number of urea groups is 1. The molecule has 2 amide bonds. The number of hydrogen-bond donors (Lipinski definition) is 2. The molecule has 0 atom stereocenters. The largest absolute Gasteiger partial charge is 0.493 e. The molecule has 0 unspecified atom stereocenters. The van der Waals surface area contributed by atoms with Crippen molar-refractivity contribution in [1.82, 2.24) is 5.32 Å². The smallest absolute Gasteiger partial charge is 0.319 e. The minimum Gasteiger partial charge on any atom is -0.493 e. The van der Waals surface area contributed by atoms with Crippen LogP contribution >= 0.6 is 11.6 Å². The first-order valence-electron chi connectivity index (χ1n) is 6.22. The lowest BCUT2D eigenvalue weighted by Crippen LogP contribution is -2.28. The Balaban J connectivity index is 1.96. The molecule has 2 aromatic carbocycles. The Labute approximate surface area is 126 Å². The topological polar surface area (TPSA) is 50.4 Å². The van der Waals surface area contributed by atoms with Crippen LogP contribution in [0, 0.1) is 5.82 Å².